The second kappa shape index (κ2) is 8.45. The summed E-state index contributed by atoms with van der Waals surface area (Å²) in [5.41, 5.74) is 4.07. The van der Waals surface area contributed by atoms with Crippen LogP contribution in [0.5, 0.6) is 11.5 Å². The molecule has 3 aromatic rings. The Morgan fingerprint density at radius 1 is 1.07 bits per heavy atom. The van der Waals surface area contributed by atoms with E-state index in [9.17, 15) is 4.39 Å². The van der Waals surface area contributed by atoms with E-state index in [0.717, 1.165) is 48.6 Å². The van der Waals surface area contributed by atoms with Crippen LogP contribution < -0.4 is 14.8 Å². The number of rotatable bonds is 6. The van der Waals surface area contributed by atoms with E-state index in [-0.39, 0.29) is 5.82 Å². The van der Waals surface area contributed by atoms with E-state index in [1.807, 2.05) is 36.5 Å². The standard InChI is InChI=1S/C22H23FN4O2/c1-28-19-9-18(10-20(11-19)29-2)25-22-24-12-16-14-27(8-7-21(16)26-22)13-15-3-5-17(23)6-4-15/h3-6,9-12H,7-8,13-14H2,1-2H3,(H,24,25,26). The zero-order valence-electron chi connectivity index (χ0n) is 16.5. The number of benzene rings is 2. The maximum atomic E-state index is 13.1. The molecule has 0 amide bonds. The predicted octanol–water partition coefficient (Wildman–Crippen LogP) is 3.93. The van der Waals surface area contributed by atoms with Crippen LogP contribution in [0, 0.1) is 5.82 Å². The molecule has 1 aliphatic heterocycles. The number of nitrogens with one attached hydrogen (secondary N) is 1. The molecule has 150 valence electrons. The summed E-state index contributed by atoms with van der Waals surface area (Å²) in [5.74, 6) is 1.73. The summed E-state index contributed by atoms with van der Waals surface area (Å²) in [6, 6.07) is 12.2. The molecule has 0 unspecified atom stereocenters. The van der Waals surface area contributed by atoms with Crippen LogP contribution in [0.1, 0.15) is 16.8 Å². The van der Waals surface area contributed by atoms with Crippen LogP contribution in [0.25, 0.3) is 0 Å². The van der Waals surface area contributed by atoms with E-state index in [4.69, 9.17) is 14.5 Å². The lowest BCUT2D eigenvalue weighted by Crippen LogP contribution is -2.31. The lowest BCUT2D eigenvalue weighted by atomic mass is 10.1. The number of halogens is 1. The molecule has 2 heterocycles. The summed E-state index contributed by atoms with van der Waals surface area (Å²) in [5, 5.41) is 3.23. The van der Waals surface area contributed by atoms with Gasteiger partial charge in [0.05, 0.1) is 19.9 Å². The summed E-state index contributed by atoms with van der Waals surface area (Å²) >= 11 is 0. The van der Waals surface area contributed by atoms with Crippen molar-refractivity contribution in [1.29, 1.82) is 0 Å². The highest BCUT2D eigenvalue weighted by Gasteiger charge is 2.19. The Morgan fingerprint density at radius 3 is 2.48 bits per heavy atom. The van der Waals surface area contributed by atoms with Gasteiger partial charge in [0.25, 0.3) is 0 Å². The number of nitrogens with zero attached hydrogens (tertiary/aromatic N) is 3. The summed E-state index contributed by atoms with van der Waals surface area (Å²) < 4.78 is 23.7. The van der Waals surface area contributed by atoms with Gasteiger partial charge >= 0.3 is 0 Å². The SMILES string of the molecule is COc1cc(Nc2ncc3c(n2)CCN(Cc2ccc(F)cc2)C3)cc(OC)c1. The maximum Gasteiger partial charge on any atom is 0.227 e. The van der Waals surface area contributed by atoms with Gasteiger partial charge < -0.3 is 14.8 Å². The second-order valence-corrected chi connectivity index (χ2v) is 6.98. The molecular weight excluding hydrogens is 371 g/mol. The Bertz CT molecular complexity index is 972. The largest absolute Gasteiger partial charge is 0.497 e. The smallest absolute Gasteiger partial charge is 0.227 e. The van der Waals surface area contributed by atoms with Crippen LogP contribution in [0.15, 0.2) is 48.7 Å². The van der Waals surface area contributed by atoms with Crippen LogP contribution in [-0.2, 0) is 19.5 Å². The first-order valence-electron chi connectivity index (χ1n) is 9.44. The Morgan fingerprint density at radius 2 is 1.79 bits per heavy atom. The molecule has 0 saturated carbocycles. The van der Waals surface area contributed by atoms with Gasteiger partial charge in [-0.15, -0.1) is 0 Å². The van der Waals surface area contributed by atoms with Crippen LogP contribution in [0.2, 0.25) is 0 Å². The minimum Gasteiger partial charge on any atom is -0.497 e. The fourth-order valence-corrected chi connectivity index (χ4v) is 3.43. The van der Waals surface area contributed by atoms with Crippen molar-refractivity contribution >= 4 is 11.6 Å². The van der Waals surface area contributed by atoms with Gasteiger partial charge in [0, 0.05) is 61.7 Å². The van der Waals surface area contributed by atoms with Crippen LogP contribution in [-0.4, -0.2) is 35.6 Å². The lowest BCUT2D eigenvalue weighted by molar-refractivity contribution is 0.243. The molecule has 0 bridgehead atoms. The highest BCUT2D eigenvalue weighted by molar-refractivity contribution is 5.59. The number of methoxy groups -OCH3 is 2. The highest BCUT2D eigenvalue weighted by atomic mass is 19.1. The average Bonchev–Trinajstić information content (AvgIpc) is 2.75. The van der Waals surface area contributed by atoms with Crippen LogP contribution in [0.4, 0.5) is 16.0 Å². The minimum atomic E-state index is -0.208. The Balaban J connectivity index is 1.45. The van der Waals surface area contributed by atoms with Gasteiger partial charge in [-0.05, 0) is 17.7 Å². The highest BCUT2D eigenvalue weighted by Crippen LogP contribution is 2.28. The zero-order chi connectivity index (χ0) is 20.2. The number of hydrogen-bond acceptors (Lipinski definition) is 6. The number of anilines is 2. The molecule has 0 radical (unpaired) electrons. The number of ether oxygens (including phenoxy) is 2. The molecule has 1 aliphatic rings. The van der Waals surface area contributed by atoms with E-state index >= 15 is 0 Å². The van der Waals surface area contributed by atoms with Crippen molar-refractivity contribution in [2.75, 3.05) is 26.1 Å². The van der Waals surface area contributed by atoms with Crippen LogP contribution >= 0.6 is 0 Å². The van der Waals surface area contributed by atoms with E-state index in [2.05, 4.69) is 15.2 Å². The van der Waals surface area contributed by atoms with Gasteiger partial charge in [0.1, 0.15) is 17.3 Å². The van der Waals surface area contributed by atoms with E-state index < -0.39 is 0 Å². The summed E-state index contributed by atoms with van der Waals surface area (Å²) in [6.45, 7) is 2.46. The molecule has 0 atom stereocenters. The predicted molar refractivity (Wildman–Crippen MR) is 109 cm³/mol. The van der Waals surface area contributed by atoms with Gasteiger partial charge in [-0.1, -0.05) is 12.1 Å². The van der Waals surface area contributed by atoms with Crippen molar-refractivity contribution in [2.45, 2.75) is 19.5 Å². The molecule has 0 saturated heterocycles. The molecule has 6 nitrogen and oxygen atoms in total. The van der Waals surface area contributed by atoms with Gasteiger partial charge in [-0.3, -0.25) is 4.90 Å². The van der Waals surface area contributed by atoms with E-state index in [1.54, 1.807) is 14.2 Å². The Kier molecular flexibility index (Phi) is 5.57. The first-order chi connectivity index (χ1) is 14.1. The van der Waals surface area contributed by atoms with Crippen molar-refractivity contribution in [3.8, 4) is 11.5 Å². The third-order valence-corrected chi connectivity index (χ3v) is 4.94. The number of fused-ring (bicyclic) bond motifs is 1. The topological polar surface area (TPSA) is 59.5 Å². The van der Waals surface area contributed by atoms with Crippen molar-refractivity contribution in [3.05, 3.63) is 71.3 Å². The van der Waals surface area contributed by atoms with Crippen molar-refractivity contribution in [1.82, 2.24) is 14.9 Å². The second-order valence-electron chi connectivity index (χ2n) is 6.98. The molecule has 7 heteroatoms. The molecule has 0 fully saturated rings. The average molecular weight is 394 g/mol. The summed E-state index contributed by atoms with van der Waals surface area (Å²) in [6.07, 6.45) is 2.72. The lowest BCUT2D eigenvalue weighted by Gasteiger charge is -2.28. The van der Waals surface area contributed by atoms with Crippen LogP contribution in [0.3, 0.4) is 0 Å². The number of hydrogen-bond donors (Lipinski definition) is 1. The van der Waals surface area contributed by atoms with E-state index in [1.165, 1.54) is 12.1 Å². The van der Waals surface area contributed by atoms with E-state index in [0.29, 0.717) is 17.4 Å². The molecule has 2 aromatic carbocycles. The molecule has 1 aromatic heterocycles. The Hall–Kier alpha value is -3.19. The molecule has 0 aliphatic carbocycles. The zero-order valence-corrected chi connectivity index (χ0v) is 16.5. The fraction of sp³-hybridized carbons (Fsp3) is 0.273. The quantitative estimate of drug-likeness (QED) is 0.684. The number of aromatic nitrogens is 2. The van der Waals surface area contributed by atoms with Crippen molar-refractivity contribution in [3.63, 3.8) is 0 Å². The van der Waals surface area contributed by atoms with Crippen molar-refractivity contribution < 1.29 is 13.9 Å². The fourth-order valence-electron chi connectivity index (χ4n) is 3.43. The summed E-state index contributed by atoms with van der Waals surface area (Å²) in [4.78, 5) is 11.5. The monoisotopic (exact) mass is 394 g/mol. The molecule has 0 spiro atoms. The first-order valence-corrected chi connectivity index (χ1v) is 9.44. The maximum absolute atomic E-state index is 13.1. The van der Waals surface area contributed by atoms with Gasteiger partial charge in [0.15, 0.2) is 0 Å². The van der Waals surface area contributed by atoms with Gasteiger partial charge in [-0.25, -0.2) is 14.4 Å². The normalized spacial score (nSPS) is 13.6. The van der Waals surface area contributed by atoms with Crippen molar-refractivity contribution in [2.24, 2.45) is 0 Å². The minimum absolute atomic E-state index is 0.208. The molecule has 29 heavy (non-hydrogen) atoms. The Labute approximate surface area is 169 Å². The van der Waals surface area contributed by atoms with Gasteiger partial charge in [0.2, 0.25) is 5.95 Å². The van der Waals surface area contributed by atoms with Gasteiger partial charge in [-0.2, -0.15) is 0 Å². The molecule has 1 N–H and O–H groups in total. The first kappa shape index (κ1) is 19.1. The molecular formula is C22H23FN4O2. The molecule has 4 rings (SSSR count). The third-order valence-electron chi connectivity index (χ3n) is 4.94. The summed E-state index contributed by atoms with van der Waals surface area (Å²) in [7, 11) is 3.23. The third kappa shape index (κ3) is 4.63.